The molecule has 0 aliphatic heterocycles. The largest absolute Gasteiger partial charge is 0.326 e. The number of hydrogen-bond donors (Lipinski definition) is 1. The molecular weight excluding hydrogens is 274 g/mol. The van der Waals surface area contributed by atoms with Crippen molar-refractivity contribution in [3.05, 3.63) is 29.8 Å². The molecule has 1 N–H and O–H groups in total. The summed E-state index contributed by atoms with van der Waals surface area (Å²) >= 11 is 0. The Balaban J connectivity index is 1.51. The van der Waals surface area contributed by atoms with Crippen LogP contribution >= 0.6 is 0 Å². The first-order valence-electron chi connectivity index (χ1n) is 8.46. The molecule has 3 heteroatoms. The van der Waals surface area contributed by atoms with Crippen LogP contribution in [-0.2, 0) is 4.79 Å². The quantitative estimate of drug-likeness (QED) is 0.856. The third-order valence-electron chi connectivity index (χ3n) is 6.07. The molecule has 116 valence electrons. The fraction of sp³-hybridized carbons (Fsp3) is 0.579. The maximum Gasteiger partial charge on any atom is 0.230 e. The Labute approximate surface area is 131 Å². The summed E-state index contributed by atoms with van der Waals surface area (Å²) in [4.78, 5) is 24.2. The van der Waals surface area contributed by atoms with Crippen molar-refractivity contribution in [1.29, 1.82) is 0 Å². The van der Waals surface area contributed by atoms with Crippen LogP contribution in [0.4, 0.5) is 5.69 Å². The van der Waals surface area contributed by atoms with Gasteiger partial charge < -0.3 is 5.32 Å². The second-order valence-corrected chi connectivity index (χ2v) is 7.79. The van der Waals surface area contributed by atoms with Crippen molar-refractivity contribution in [3.63, 3.8) is 0 Å². The van der Waals surface area contributed by atoms with Gasteiger partial charge in [0.25, 0.3) is 0 Å². The minimum atomic E-state index is -0.117. The molecule has 1 aromatic rings. The normalized spacial score (nSPS) is 35.4. The van der Waals surface area contributed by atoms with Gasteiger partial charge in [-0.05, 0) is 87.5 Å². The van der Waals surface area contributed by atoms with E-state index in [1.54, 1.807) is 19.1 Å². The predicted molar refractivity (Wildman–Crippen MR) is 85.7 cm³/mol. The second kappa shape index (κ2) is 4.94. The Morgan fingerprint density at radius 1 is 0.955 bits per heavy atom. The Bertz CT molecular complexity index is 582. The summed E-state index contributed by atoms with van der Waals surface area (Å²) in [7, 11) is 0. The van der Waals surface area contributed by atoms with Gasteiger partial charge in [-0.15, -0.1) is 0 Å². The lowest BCUT2D eigenvalue weighted by atomic mass is 9.49. The molecule has 0 spiro atoms. The van der Waals surface area contributed by atoms with Gasteiger partial charge >= 0.3 is 0 Å². The summed E-state index contributed by atoms with van der Waals surface area (Å²) in [5, 5.41) is 3.11. The van der Waals surface area contributed by atoms with Crippen LogP contribution in [0, 0.1) is 23.2 Å². The summed E-state index contributed by atoms with van der Waals surface area (Å²) in [6.45, 7) is 1.56. The highest BCUT2D eigenvalue weighted by Gasteiger charge is 2.54. The van der Waals surface area contributed by atoms with Crippen molar-refractivity contribution in [1.82, 2.24) is 0 Å². The van der Waals surface area contributed by atoms with E-state index in [0.717, 1.165) is 42.7 Å². The molecule has 22 heavy (non-hydrogen) atoms. The topological polar surface area (TPSA) is 46.2 Å². The number of Topliss-reactive ketones (excluding diaryl/α,β-unsaturated/α-hetero) is 1. The lowest BCUT2D eigenvalue weighted by Gasteiger charge is -2.55. The molecule has 4 bridgehead atoms. The van der Waals surface area contributed by atoms with E-state index in [2.05, 4.69) is 5.32 Å². The highest BCUT2D eigenvalue weighted by molar-refractivity contribution is 5.97. The maximum absolute atomic E-state index is 12.9. The molecule has 0 unspecified atom stereocenters. The number of hydrogen-bond acceptors (Lipinski definition) is 2. The summed E-state index contributed by atoms with van der Waals surface area (Å²) in [6, 6.07) is 7.26. The van der Waals surface area contributed by atoms with Crippen molar-refractivity contribution < 1.29 is 9.59 Å². The smallest absolute Gasteiger partial charge is 0.230 e. The molecular formula is C19H23NO2. The molecule has 4 aliphatic carbocycles. The number of amides is 1. The number of carbonyl (C=O) groups is 2. The first-order valence-corrected chi connectivity index (χ1v) is 8.46. The summed E-state index contributed by atoms with van der Waals surface area (Å²) in [6.07, 6.45) is 7.28. The number of nitrogens with one attached hydrogen (secondary N) is 1. The van der Waals surface area contributed by atoms with E-state index in [4.69, 9.17) is 0 Å². The van der Waals surface area contributed by atoms with Crippen LogP contribution in [0.3, 0.4) is 0 Å². The van der Waals surface area contributed by atoms with Crippen molar-refractivity contribution in [2.75, 3.05) is 5.32 Å². The van der Waals surface area contributed by atoms with Gasteiger partial charge in [-0.2, -0.15) is 0 Å². The van der Waals surface area contributed by atoms with Gasteiger partial charge in [-0.3, -0.25) is 9.59 Å². The average molecular weight is 297 g/mol. The van der Waals surface area contributed by atoms with E-state index in [9.17, 15) is 9.59 Å². The zero-order valence-electron chi connectivity index (χ0n) is 13.1. The van der Waals surface area contributed by atoms with Crippen LogP contribution in [-0.4, -0.2) is 11.7 Å². The van der Waals surface area contributed by atoms with Crippen LogP contribution in [0.1, 0.15) is 55.8 Å². The Morgan fingerprint density at radius 3 is 1.91 bits per heavy atom. The first kappa shape index (κ1) is 14.0. The van der Waals surface area contributed by atoms with Crippen molar-refractivity contribution >= 4 is 17.4 Å². The molecule has 0 radical (unpaired) electrons. The van der Waals surface area contributed by atoms with Crippen molar-refractivity contribution in [2.45, 2.75) is 45.4 Å². The molecule has 5 rings (SSSR count). The van der Waals surface area contributed by atoms with Crippen LogP contribution in [0.25, 0.3) is 0 Å². The molecule has 4 fully saturated rings. The van der Waals surface area contributed by atoms with Crippen molar-refractivity contribution in [3.8, 4) is 0 Å². The lowest BCUT2D eigenvalue weighted by molar-refractivity contribution is -0.140. The van der Waals surface area contributed by atoms with Gasteiger partial charge in [-0.25, -0.2) is 0 Å². The highest BCUT2D eigenvalue weighted by Crippen LogP contribution is 2.60. The predicted octanol–water partition coefficient (Wildman–Crippen LogP) is 4.04. The molecule has 0 saturated heterocycles. The third kappa shape index (κ3) is 2.27. The van der Waals surface area contributed by atoms with Crippen LogP contribution in [0.5, 0.6) is 0 Å². The minimum Gasteiger partial charge on any atom is -0.326 e. The van der Waals surface area contributed by atoms with Gasteiger partial charge in [0.1, 0.15) is 0 Å². The van der Waals surface area contributed by atoms with Gasteiger partial charge in [0.2, 0.25) is 5.91 Å². The Hall–Kier alpha value is -1.64. The minimum absolute atomic E-state index is 0.0546. The van der Waals surface area contributed by atoms with E-state index in [1.807, 2.05) is 12.1 Å². The molecule has 4 aliphatic rings. The number of rotatable bonds is 3. The zero-order chi connectivity index (χ0) is 15.3. The number of anilines is 1. The maximum atomic E-state index is 12.9. The SMILES string of the molecule is CC(=O)c1ccc(NC(=O)C23CC4CC(CC(C4)C2)C3)cc1. The molecule has 1 amide bonds. The van der Waals surface area contributed by atoms with Crippen LogP contribution in [0.15, 0.2) is 24.3 Å². The van der Waals surface area contributed by atoms with Gasteiger partial charge in [-0.1, -0.05) is 0 Å². The molecule has 1 aromatic carbocycles. The summed E-state index contributed by atoms with van der Waals surface area (Å²) in [5.41, 5.74) is 1.38. The molecule has 0 heterocycles. The van der Waals surface area contributed by atoms with Gasteiger partial charge in [0.15, 0.2) is 5.78 Å². The van der Waals surface area contributed by atoms with Crippen LogP contribution in [0.2, 0.25) is 0 Å². The Morgan fingerprint density at radius 2 is 1.45 bits per heavy atom. The molecule has 3 nitrogen and oxygen atoms in total. The van der Waals surface area contributed by atoms with E-state index in [1.165, 1.54) is 19.3 Å². The first-order chi connectivity index (χ1) is 10.5. The summed E-state index contributed by atoms with van der Waals surface area (Å²) in [5.74, 6) is 2.59. The van der Waals surface area contributed by atoms with E-state index < -0.39 is 0 Å². The molecule has 4 saturated carbocycles. The molecule has 0 atom stereocenters. The fourth-order valence-corrected chi connectivity index (χ4v) is 5.44. The second-order valence-electron chi connectivity index (χ2n) is 7.79. The fourth-order valence-electron chi connectivity index (χ4n) is 5.44. The summed E-state index contributed by atoms with van der Waals surface area (Å²) < 4.78 is 0. The van der Waals surface area contributed by atoms with Crippen LogP contribution < -0.4 is 5.32 Å². The molecule has 0 aromatic heterocycles. The lowest BCUT2D eigenvalue weighted by Crippen LogP contribution is -2.51. The number of benzene rings is 1. The third-order valence-corrected chi connectivity index (χ3v) is 6.07. The van der Waals surface area contributed by atoms with Crippen molar-refractivity contribution in [2.24, 2.45) is 23.2 Å². The number of ketones is 1. The average Bonchev–Trinajstić information content (AvgIpc) is 2.46. The standard InChI is InChI=1S/C19H23NO2/c1-12(21)16-2-4-17(5-3-16)20-18(22)19-9-13-6-14(10-19)8-15(7-13)11-19/h2-5,13-15H,6-11H2,1H3,(H,20,22). The monoisotopic (exact) mass is 297 g/mol. The Kier molecular flexibility index (Phi) is 3.14. The van der Waals surface area contributed by atoms with E-state index in [-0.39, 0.29) is 17.1 Å². The number of carbonyl (C=O) groups excluding carboxylic acids is 2. The highest BCUT2D eigenvalue weighted by atomic mass is 16.2. The zero-order valence-corrected chi connectivity index (χ0v) is 13.1. The van der Waals surface area contributed by atoms with Gasteiger partial charge in [0.05, 0.1) is 5.41 Å². The van der Waals surface area contributed by atoms with Gasteiger partial charge in [0, 0.05) is 11.3 Å². The van der Waals surface area contributed by atoms with E-state index in [0.29, 0.717) is 5.56 Å². The van der Waals surface area contributed by atoms with E-state index >= 15 is 0 Å².